The molecule has 0 aliphatic heterocycles. The molecule has 2 aromatic rings. The summed E-state index contributed by atoms with van der Waals surface area (Å²) in [6, 6.07) is 5.77. The van der Waals surface area contributed by atoms with Gasteiger partial charge in [0.15, 0.2) is 5.16 Å². The van der Waals surface area contributed by atoms with Gasteiger partial charge in [-0.1, -0.05) is 52.3 Å². The van der Waals surface area contributed by atoms with E-state index in [4.69, 9.17) is 11.6 Å². The Morgan fingerprint density at radius 3 is 2.81 bits per heavy atom. The van der Waals surface area contributed by atoms with Crippen molar-refractivity contribution in [2.45, 2.75) is 43.0 Å². The number of halogens is 2. The van der Waals surface area contributed by atoms with Crippen LogP contribution in [0.1, 0.15) is 41.6 Å². The fourth-order valence-electron chi connectivity index (χ4n) is 3.76. The van der Waals surface area contributed by atoms with Crippen LogP contribution in [0, 0.1) is 5.92 Å². The second-order valence-electron chi connectivity index (χ2n) is 6.80. The maximum Gasteiger partial charge on any atom is 0.188 e. The normalized spacial score (nSPS) is 24.5. The van der Waals surface area contributed by atoms with Crippen LogP contribution in [-0.4, -0.2) is 32.7 Å². The molecule has 1 aromatic heterocycles. The number of hydrogen-bond donors (Lipinski definition) is 2. The highest BCUT2D eigenvalue weighted by Gasteiger charge is 2.46. The largest absolute Gasteiger partial charge is 0.391 e. The van der Waals surface area contributed by atoms with Crippen molar-refractivity contribution < 1.29 is 15.0 Å². The van der Waals surface area contributed by atoms with Crippen molar-refractivity contribution in [2.24, 2.45) is 5.92 Å². The van der Waals surface area contributed by atoms with E-state index >= 15 is 0 Å². The van der Waals surface area contributed by atoms with Crippen LogP contribution in [0.25, 0.3) is 0 Å². The lowest BCUT2D eigenvalue weighted by Crippen LogP contribution is -2.43. The summed E-state index contributed by atoms with van der Waals surface area (Å²) in [4.78, 5) is 20.5. The van der Waals surface area contributed by atoms with E-state index in [-0.39, 0.29) is 24.1 Å². The number of fused-ring (bicyclic) bond motifs is 1. The van der Waals surface area contributed by atoms with Crippen molar-refractivity contribution in [1.29, 1.82) is 0 Å². The van der Waals surface area contributed by atoms with Gasteiger partial charge >= 0.3 is 0 Å². The van der Waals surface area contributed by atoms with Gasteiger partial charge in [0.1, 0.15) is 17.0 Å². The molecule has 1 aliphatic carbocycles. The summed E-state index contributed by atoms with van der Waals surface area (Å²) in [5.74, 6) is -0.441. The van der Waals surface area contributed by atoms with Crippen molar-refractivity contribution in [3.8, 4) is 0 Å². The Kier molecular flexibility index (Phi) is 6.27. The molecule has 1 heterocycles. The minimum Gasteiger partial charge on any atom is -0.391 e. The Bertz CT molecular complexity index is 882. The minimum absolute atomic E-state index is 0.0677. The third-order valence-corrected chi connectivity index (χ3v) is 6.55. The SMILES string of the molecule is CSc1nc(Cl)c(CO)c(CC2(O)c3cc(Br)ccc3[C@H](C)CC2C=O)n1. The van der Waals surface area contributed by atoms with E-state index in [1.54, 1.807) is 0 Å². The lowest BCUT2D eigenvalue weighted by atomic mass is 9.66. The number of aldehydes is 1. The van der Waals surface area contributed by atoms with Crippen LogP contribution in [0.2, 0.25) is 5.15 Å². The Morgan fingerprint density at radius 1 is 1.44 bits per heavy atom. The molecule has 0 fully saturated rings. The summed E-state index contributed by atoms with van der Waals surface area (Å²) in [7, 11) is 0. The average Bonchev–Trinajstić information content (AvgIpc) is 2.64. The summed E-state index contributed by atoms with van der Waals surface area (Å²) in [6.45, 7) is 1.71. The van der Waals surface area contributed by atoms with E-state index in [9.17, 15) is 15.0 Å². The van der Waals surface area contributed by atoms with Crippen LogP contribution in [0.5, 0.6) is 0 Å². The predicted octanol–water partition coefficient (Wildman–Crippen LogP) is 3.86. The standard InChI is InChI=1S/C19H20BrClN2O3S/c1-10-5-11(8-24)19(26,15-6-12(20)3-4-13(10)15)7-16-14(9-25)17(21)23-18(22-16)27-2/h3-4,6,8,10-11,25-26H,5,7,9H2,1-2H3/t10-,11?,19?/m1/s1. The predicted molar refractivity (Wildman–Crippen MR) is 109 cm³/mol. The fourth-order valence-corrected chi connectivity index (χ4v) is 4.80. The molecule has 0 amide bonds. The highest BCUT2D eigenvalue weighted by atomic mass is 79.9. The van der Waals surface area contributed by atoms with Gasteiger partial charge in [-0.15, -0.1) is 0 Å². The highest BCUT2D eigenvalue weighted by molar-refractivity contribution is 9.10. The molecular weight excluding hydrogens is 452 g/mol. The molecule has 2 unspecified atom stereocenters. The number of aliphatic hydroxyl groups excluding tert-OH is 1. The first kappa shape index (κ1) is 20.7. The molecule has 3 rings (SSSR count). The first-order valence-corrected chi connectivity index (χ1v) is 10.9. The number of aliphatic hydroxyl groups is 2. The number of thioether (sulfide) groups is 1. The number of rotatable bonds is 5. The fraction of sp³-hybridized carbons (Fsp3) is 0.421. The Hall–Kier alpha value is -0.990. The number of benzene rings is 1. The molecule has 8 heteroatoms. The van der Waals surface area contributed by atoms with Crippen LogP contribution in [0.15, 0.2) is 27.8 Å². The summed E-state index contributed by atoms with van der Waals surface area (Å²) in [5, 5.41) is 22.1. The van der Waals surface area contributed by atoms with Gasteiger partial charge in [-0.2, -0.15) is 0 Å². The zero-order valence-electron chi connectivity index (χ0n) is 14.9. The van der Waals surface area contributed by atoms with Gasteiger partial charge < -0.3 is 15.0 Å². The van der Waals surface area contributed by atoms with Crippen molar-refractivity contribution in [2.75, 3.05) is 6.26 Å². The van der Waals surface area contributed by atoms with E-state index in [1.807, 2.05) is 24.5 Å². The quantitative estimate of drug-likeness (QED) is 0.298. The molecule has 3 atom stereocenters. The molecule has 0 radical (unpaired) electrons. The van der Waals surface area contributed by atoms with Gasteiger partial charge in [-0.3, -0.25) is 0 Å². The van der Waals surface area contributed by atoms with Crippen LogP contribution < -0.4 is 0 Å². The zero-order chi connectivity index (χ0) is 19.8. The Labute approximate surface area is 175 Å². The minimum atomic E-state index is -1.44. The van der Waals surface area contributed by atoms with Gasteiger partial charge in [-0.05, 0) is 41.9 Å². The monoisotopic (exact) mass is 470 g/mol. The number of aromatic nitrogens is 2. The van der Waals surface area contributed by atoms with Crippen LogP contribution in [0.4, 0.5) is 0 Å². The smallest absolute Gasteiger partial charge is 0.188 e. The molecule has 2 N–H and O–H groups in total. The highest BCUT2D eigenvalue weighted by Crippen LogP contribution is 2.47. The number of carbonyl (C=O) groups is 1. The molecule has 0 spiro atoms. The van der Waals surface area contributed by atoms with Gasteiger partial charge in [0.25, 0.3) is 0 Å². The molecule has 5 nitrogen and oxygen atoms in total. The number of carbonyl (C=O) groups excluding carboxylic acids is 1. The molecule has 0 saturated carbocycles. The third-order valence-electron chi connectivity index (χ3n) is 5.20. The average molecular weight is 472 g/mol. The molecule has 0 bridgehead atoms. The first-order valence-electron chi connectivity index (χ1n) is 8.51. The topological polar surface area (TPSA) is 83.3 Å². The summed E-state index contributed by atoms with van der Waals surface area (Å²) < 4.78 is 0.825. The zero-order valence-corrected chi connectivity index (χ0v) is 18.1. The third kappa shape index (κ3) is 3.80. The van der Waals surface area contributed by atoms with E-state index < -0.39 is 11.5 Å². The lowest BCUT2D eigenvalue weighted by molar-refractivity contribution is -0.123. The molecule has 1 aromatic carbocycles. The summed E-state index contributed by atoms with van der Waals surface area (Å²) in [5.41, 5.74) is 1.11. The maximum absolute atomic E-state index is 11.9. The first-order chi connectivity index (χ1) is 12.8. The molecular formula is C19H20BrClN2O3S. The van der Waals surface area contributed by atoms with Gasteiger partial charge in [0.05, 0.1) is 12.3 Å². The van der Waals surface area contributed by atoms with E-state index in [2.05, 4.69) is 32.8 Å². The van der Waals surface area contributed by atoms with Crippen LogP contribution >= 0.6 is 39.3 Å². The van der Waals surface area contributed by atoms with Gasteiger partial charge in [-0.25, -0.2) is 9.97 Å². The molecule has 27 heavy (non-hydrogen) atoms. The van der Waals surface area contributed by atoms with Crippen molar-refractivity contribution in [3.63, 3.8) is 0 Å². The van der Waals surface area contributed by atoms with E-state index in [0.717, 1.165) is 16.3 Å². The van der Waals surface area contributed by atoms with E-state index in [0.29, 0.717) is 28.4 Å². The second-order valence-corrected chi connectivity index (χ2v) is 8.84. The molecule has 144 valence electrons. The molecule has 0 saturated heterocycles. The van der Waals surface area contributed by atoms with Crippen LogP contribution in [0.3, 0.4) is 0 Å². The summed E-state index contributed by atoms with van der Waals surface area (Å²) >= 11 is 11.0. The number of hydrogen-bond acceptors (Lipinski definition) is 6. The van der Waals surface area contributed by atoms with E-state index in [1.165, 1.54) is 11.8 Å². The Balaban J connectivity index is 2.17. The van der Waals surface area contributed by atoms with Gasteiger partial charge in [0, 0.05) is 22.4 Å². The van der Waals surface area contributed by atoms with Gasteiger partial charge in [0.2, 0.25) is 0 Å². The van der Waals surface area contributed by atoms with Crippen molar-refractivity contribution in [1.82, 2.24) is 9.97 Å². The Morgan fingerprint density at radius 2 is 2.19 bits per heavy atom. The van der Waals surface area contributed by atoms with Crippen LogP contribution in [-0.2, 0) is 23.4 Å². The molecule has 1 aliphatic rings. The summed E-state index contributed by atoms with van der Waals surface area (Å²) in [6.07, 6.45) is 3.25. The van der Waals surface area contributed by atoms with Crippen molar-refractivity contribution >= 4 is 45.6 Å². The second kappa shape index (κ2) is 8.17. The maximum atomic E-state index is 11.9. The van der Waals surface area contributed by atoms with Crippen molar-refractivity contribution in [3.05, 3.63) is 50.2 Å². The number of nitrogens with zero attached hydrogens (tertiary/aromatic N) is 2. The lowest BCUT2D eigenvalue weighted by Gasteiger charge is -2.42.